The van der Waals surface area contributed by atoms with Gasteiger partial charge in [-0.25, -0.2) is 4.79 Å². The molecule has 2 atom stereocenters. The second kappa shape index (κ2) is 16.1. The van der Waals surface area contributed by atoms with Crippen molar-refractivity contribution in [1.82, 2.24) is 16.2 Å². The average Bonchev–Trinajstić information content (AvgIpc) is 2.78. The summed E-state index contributed by atoms with van der Waals surface area (Å²) in [5.41, 5.74) is 5.41. The van der Waals surface area contributed by atoms with E-state index < -0.39 is 30.1 Å². The maximum Gasteiger partial charge on any atom is 0.408 e. The molecule has 1 unspecified atom stereocenters. The Morgan fingerprint density at radius 2 is 1.65 bits per heavy atom. The zero-order valence-corrected chi connectivity index (χ0v) is 18.6. The van der Waals surface area contributed by atoms with E-state index in [4.69, 9.17) is 14.2 Å². The van der Waals surface area contributed by atoms with Gasteiger partial charge in [0.2, 0.25) is 0 Å². The number of benzene rings is 1. The molecular formula is C22H35N3O6. The largest absolute Gasteiger partial charge is 0.445 e. The average molecular weight is 438 g/mol. The van der Waals surface area contributed by atoms with Crippen LogP contribution in [0.2, 0.25) is 0 Å². The van der Waals surface area contributed by atoms with Crippen LogP contribution >= 0.6 is 0 Å². The van der Waals surface area contributed by atoms with Crippen molar-refractivity contribution in [2.24, 2.45) is 0 Å². The molecule has 0 aliphatic heterocycles. The van der Waals surface area contributed by atoms with Gasteiger partial charge in [0.1, 0.15) is 19.3 Å². The maximum atomic E-state index is 12.6. The van der Waals surface area contributed by atoms with Crippen LogP contribution in [0.3, 0.4) is 0 Å². The highest BCUT2D eigenvalue weighted by molar-refractivity contribution is 5.88. The van der Waals surface area contributed by atoms with E-state index in [0.29, 0.717) is 13.2 Å². The van der Waals surface area contributed by atoms with Gasteiger partial charge in [-0.3, -0.25) is 20.4 Å². The number of unbranched alkanes of at least 4 members (excludes halogenated alkanes) is 2. The zero-order valence-electron chi connectivity index (χ0n) is 18.6. The van der Waals surface area contributed by atoms with Crippen molar-refractivity contribution < 1.29 is 28.6 Å². The standard InChI is InChI=1S/C22H35N3O6/c1-4-6-13-29-16-19(26)24-25-21(27)20(17(3)30-14-7-5-2)23-22(28)31-15-18-11-9-8-10-12-18/h8-12,17,20H,4-7,13-16H2,1-3H3,(H,23,28)(H,24,26)(H,25,27)/t17?,20-/m0/s1. The SMILES string of the molecule is CCCCOCC(=O)NNC(=O)[C@@H](NC(=O)OCc1ccccc1)C(C)OCCCC. The number of hydrogen-bond acceptors (Lipinski definition) is 6. The first-order chi connectivity index (χ1) is 15.0. The smallest absolute Gasteiger partial charge is 0.408 e. The van der Waals surface area contributed by atoms with Crippen LogP contribution in [0.1, 0.15) is 52.0 Å². The quantitative estimate of drug-likeness (QED) is 0.304. The van der Waals surface area contributed by atoms with Crippen LogP contribution in [-0.2, 0) is 30.4 Å². The summed E-state index contributed by atoms with van der Waals surface area (Å²) in [4.78, 5) is 36.6. The molecule has 0 spiro atoms. The van der Waals surface area contributed by atoms with Crippen molar-refractivity contribution in [1.29, 1.82) is 0 Å². The summed E-state index contributed by atoms with van der Waals surface area (Å²) in [6.45, 7) is 6.53. The fourth-order valence-corrected chi connectivity index (χ4v) is 2.45. The lowest BCUT2D eigenvalue weighted by Crippen LogP contribution is -2.57. The number of hydrogen-bond donors (Lipinski definition) is 3. The summed E-state index contributed by atoms with van der Waals surface area (Å²) in [5, 5.41) is 2.52. The second-order valence-electron chi connectivity index (χ2n) is 7.06. The molecule has 1 aromatic rings. The van der Waals surface area contributed by atoms with E-state index in [1.54, 1.807) is 6.92 Å². The van der Waals surface area contributed by atoms with E-state index in [0.717, 1.165) is 31.2 Å². The van der Waals surface area contributed by atoms with Gasteiger partial charge < -0.3 is 19.5 Å². The van der Waals surface area contributed by atoms with E-state index >= 15 is 0 Å². The van der Waals surface area contributed by atoms with Crippen LogP contribution in [0.5, 0.6) is 0 Å². The minimum atomic E-state index is -1.05. The molecule has 0 aliphatic rings. The summed E-state index contributed by atoms with van der Waals surface area (Å²) in [7, 11) is 0. The number of alkyl carbamates (subject to hydrolysis) is 1. The van der Waals surface area contributed by atoms with E-state index in [1.807, 2.05) is 44.2 Å². The molecule has 0 saturated carbocycles. The first-order valence-electron chi connectivity index (χ1n) is 10.7. The van der Waals surface area contributed by atoms with Gasteiger partial charge in [0.05, 0.1) is 6.10 Å². The molecule has 0 heterocycles. The Labute approximate surface area is 184 Å². The molecule has 0 radical (unpaired) electrons. The lowest BCUT2D eigenvalue weighted by Gasteiger charge is -2.24. The van der Waals surface area contributed by atoms with Crippen LogP contribution in [0, 0.1) is 0 Å². The third-order valence-electron chi connectivity index (χ3n) is 4.32. The summed E-state index contributed by atoms with van der Waals surface area (Å²) in [5.74, 6) is -1.11. The predicted molar refractivity (Wildman–Crippen MR) is 116 cm³/mol. The van der Waals surface area contributed by atoms with Crippen molar-refractivity contribution in [3.8, 4) is 0 Å². The molecule has 3 amide bonds. The molecule has 1 rings (SSSR count). The van der Waals surface area contributed by atoms with Gasteiger partial charge in [-0.2, -0.15) is 0 Å². The van der Waals surface area contributed by atoms with Crippen LogP contribution in [0.4, 0.5) is 4.79 Å². The summed E-state index contributed by atoms with van der Waals surface area (Å²) in [6, 6.07) is 8.14. The third-order valence-corrected chi connectivity index (χ3v) is 4.32. The van der Waals surface area contributed by atoms with Crippen molar-refractivity contribution in [3.63, 3.8) is 0 Å². The molecule has 0 aromatic heterocycles. The Balaban J connectivity index is 2.57. The lowest BCUT2D eigenvalue weighted by molar-refractivity contribution is -0.134. The Morgan fingerprint density at radius 3 is 2.32 bits per heavy atom. The third kappa shape index (κ3) is 12.0. The Hall–Kier alpha value is -2.65. The van der Waals surface area contributed by atoms with Crippen molar-refractivity contribution in [3.05, 3.63) is 35.9 Å². The molecule has 31 heavy (non-hydrogen) atoms. The minimum Gasteiger partial charge on any atom is -0.445 e. The highest BCUT2D eigenvalue weighted by atomic mass is 16.5. The highest BCUT2D eigenvalue weighted by Gasteiger charge is 2.28. The highest BCUT2D eigenvalue weighted by Crippen LogP contribution is 2.04. The lowest BCUT2D eigenvalue weighted by atomic mass is 10.1. The first-order valence-corrected chi connectivity index (χ1v) is 10.7. The fraction of sp³-hybridized carbons (Fsp3) is 0.591. The Kier molecular flexibility index (Phi) is 13.7. The monoisotopic (exact) mass is 437 g/mol. The van der Waals surface area contributed by atoms with Gasteiger partial charge in [-0.1, -0.05) is 57.0 Å². The minimum absolute atomic E-state index is 0.0674. The summed E-state index contributed by atoms with van der Waals surface area (Å²) < 4.78 is 16.1. The van der Waals surface area contributed by atoms with Gasteiger partial charge in [0, 0.05) is 13.2 Å². The number of amides is 3. The van der Waals surface area contributed by atoms with Crippen molar-refractivity contribution in [2.75, 3.05) is 19.8 Å². The zero-order chi connectivity index (χ0) is 22.9. The molecule has 0 saturated heterocycles. The second-order valence-corrected chi connectivity index (χ2v) is 7.06. The van der Waals surface area contributed by atoms with Gasteiger partial charge in [0.15, 0.2) is 0 Å². The van der Waals surface area contributed by atoms with Crippen molar-refractivity contribution in [2.45, 2.75) is 65.2 Å². The molecule has 174 valence electrons. The van der Waals surface area contributed by atoms with Crippen LogP contribution in [0.15, 0.2) is 30.3 Å². The normalized spacial score (nSPS) is 12.5. The molecule has 0 aliphatic carbocycles. The molecular weight excluding hydrogens is 402 g/mol. The molecule has 9 heteroatoms. The van der Waals surface area contributed by atoms with Crippen LogP contribution in [0.25, 0.3) is 0 Å². The van der Waals surface area contributed by atoms with Gasteiger partial charge in [-0.05, 0) is 25.3 Å². The molecule has 3 N–H and O–H groups in total. The van der Waals surface area contributed by atoms with Gasteiger partial charge in [0.25, 0.3) is 11.8 Å². The predicted octanol–water partition coefficient (Wildman–Crippen LogP) is 2.45. The van der Waals surface area contributed by atoms with Crippen LogP contribution < -0.4 is 16.2 Å². The van der Waals surface area contributed by atoms with Crippen LogP contribution in [-0.4, -0.2) is 49.9 Å². The molecule has 1 aromatic carbocycles. The Morgan fingerprint density at radius 1 is 0.968 bits per heavy atom. The summed E-state index contributed by atoms with van der Waals surface area (Å²) in [6.07, 6.45) is 2.18. The molecule has 0 bridgehead atoms. The number of carbonyl (C=O) groups is 3. The van der Waals surface area contributed by atoms with E-state index in [2.05, 4.69) is 16.2 Å². The number of ether oxygens (including phenoxy) is 3. The number of hydrazine groups is 1. The van der Waals surface area contributed by atoms with E-state index in [-0.39, 0.29) is 13.2 Å². The Bertz CT molecular complexity index is 656. The summed E-state index contributed by atoms with van der Waals surface area (Å²) >= 11 is 0. The topological polar surface area (TPSA) is 115 Å². The van der Waals surface area contributed by atoms with E-state index in [1.165, 1.54) is 0 Å². The van der Waals surface area contributed by atoms with Crippen molar-refractivity contribution >= 4 is 17.9 Å². The fourth-order valence-electron chi connectivity index (χ4n) is 2.45. The molecule has 9 nitrogen and oxygen atoms in total. The van der Waals surface area contributed by atoms with Gasteiger partial charge >= 0.3 is 6.09 Å². The van der Waals surface area contributed by atoms with E-state index in [9.17, 15) is 14.4 Å². The number of nitrogens with one attached hydrogen (secondary N) is 3. The first kappa shape index (κ1) is 26.4. The molecule has 0 fully saturated rings. The van der Waals surface area contributed by atoms with Gasteiger partial charge in [-0.15, -0.1) is 0 Å². The number of carbonyl (C=O) groups excluding carboxylic acids is 3. The maximum absolute atomic E-state index is 12.6. The number of rotatable bonds is 14.